The predicted octanol–water partition coefficient (Wildman–Crippen LogP) is 3.61. The summed E-state index contributed by atoms with van der Waals surface area (Å²) in [5.74, 6) is -0.291. The first-order valence-corrected chi connectivity index (χ1v) is 8.51. The maximum Gasteiger partial charge on any atom is 0.322 e. The zero-order valence-corrected chi connectivity index (χ0v) is 14.4. The Labute approximate surface area is 155 Å². The van der Waals surface area contributed by atoms with Crippen molar-refractivity contribution < 1.29 is 9.18 Å². The number of aromatic nitrogens is 2. The van der Waals surface area contributed by atoms with Crippen LogP contribution in [-0.4, -0.2) is 27.3 Å². The summed E-state index contributed by atoms with van der Waals surface area (Å²) in [7, 11) is 0. The third-order valence-electron chi connectivity index (χ3n) is 4.56. The number of hydrogen-bond acceptors (Lipinski definition) is 3. The molecule has 1 aliphatic heterocycles. The highest BCUT2D eigenvalue weighted by Crippen LogP contribution is 2.27. The molecule has 7 heteroatoms. The van der Waals surface area contributed by atoms with Gasteiger partial charge in [0.2, 0.25) is 0 Å². The molecule has 0 bridgehead atoms. The van der Waals surface area contributed by atoms with Crippen LogP contribution in [0.4, 0.5) is 14.9 Å². The Morgan fingerprint density at radius 1 is 1.19 bits per heavy atom. The molecule has 1 aliphatic rings. The molecule has 2 aromatic carbocycles. The first-order chi connectivity index (χ1) is 13.1. The van der Waals surface area contributed by atoms with Crippen LogP contribution in [0, 0.1) is 17.1 Å². The van der Waals surface area contributed by atoms with Crippen LogP contribution in [0.15, 0.2) is 54.7 Å². The maximum absolute atomic E-state index is 13.2. The molecule has 2 heterocycles. The quantitative estimate of drug-likeness (QED) is 0.758. The number of benzene rings is 2. The lowest BCUT2D eigenvalue weighted by atomic mass is 10.1. The fourth-order valence-electron chi connectivity index (χ4n) is 3.16. The van der Waals surface area contributed by atoms with E-state index in [1.165, 1.54) is 12.1 Å². The van der Waals surface area contributed by atoms with E-state index in [4.69, 9.17) is 5.26 Å². The molecular weight excluding hydrogens is 345 g/mol. The van der Waals surface area contributed by atoms with Gasteiger partial charge in [-0.1, -0.05) is 18.2 Å². The lowest BCUT2D eigenvalue weighted by Gasteiger charge is -2.28. The monoisotopic (exact) mass is 361 g/mol. The normalized spacial score (nSPS) is 13.0. The summed E-state index contributed by atoms with van der Waals surface area (Å²) in [6.07, 6.45) is 1.75. The van der Waals surface area contributed by atoms with E-state index in [0.717, 1.165) is 16.8 Å². The number of carbonyl (C=O) groups excluding carboxylic acids is 1. The number of anilines is 1. The van der Waals surface area contributed by atoms with Gasteiger partial charge in [0, 0.05) is 17.8 Å². The molecular formula is C20H16FN5O. The first kappa shape index (κ1) is 16.8. The summed E-state index contributed by atoms with van der Waals surface area (Å²) in [6.45, 7) is 1.51. The van der Waals surface area contributed by atoms with Crippen molar-refractivity contribution in [3.8, 4) is 17.2 Å². The molecule has 4 rings (SSSR count). The number of fused-ring (bicyclic) bond motifs is 1. The standard InChI is InChI=1S/C20H16FN5O/c21-16-6-4-15(5-7-16)18-12-23-26-9-8-25(13-19(18)26)20(27)24-17-3-1-2-14(10-17)11-22/h1-7,10,12H,8-9,13H2,(H,24,27). The Hall–Kier alpha value is -3.66. The molecule has 1 aromatic heterocycles. The van der Waals surface area contributed by atoms with E-state index < -0.39 is 0 Å². The van der Waals surface area contributed by atoms with Gasteiger partial charge in [0.25, 0.3) is 0 Å². The molecule has 0 radical (unpaired) electrons. The minimum absolute atomic E-state index is 0.234. The number of carbonyl (C=O) groups is 1. The van der Waals surface area contributed by atoms with Crippen molar-refractivity contribution in [1.82, 2.24) is 14.7 Å². The number of nitriles is 1. The van der Waals surface area contributed by atoms with Crippen LogP contribution in [0.5, 0.6) is 0 Å². The van der Waals surface area contributed by atoms with E-state index >= 15 is 0 Å². The number of nitrogens with zero attached hydrogens (tertiary/aromatic N) is 4. The topological polar surface area (TPSA) is 74.0 Å². The van der Waals surface area contributed by atoms with E-state index in [1.807, 2.05) is 4.68 Å². The number of hydrogen-bond donors (Lipinski definition) is 1. The molecule has 3 aromatic rings. The van der Waals surface area contributed by atoms with Crippen LogP contribution in [0.2, 0.25) is 0 Å². The molecule has 0 spiro atoms. The Balaban J connectivity index is 1.54. The molecule has 0 aliphatic carbocycles. The molecule has 0 saturated heterocycles. The van der Waals surface area contributed by atoms with Gasteiger partial charge >= 0.3 is 6.03 Å². The van der Waals surface area contributed by atoms with Crippen molar-refractivity contribution >= 4 is 11.7 Å². The molecule has 0 fully saturated rings. The fourth-order valence-corrected chi connectivity index (χ4v) is 3.16. The summed E-state index contributed by atoms with van der Waals surface area (Å²) in [5.41, 5.74) is 3.73. The number of rotatable bonds is 2. The molecule has 0 unspecified atom stereocenters. The molecule has 0 saturated carbocycles. The summed E-state index contributed by atoms with van der Waals surface area (Å²) >= 11 is 0. The van der Waals surface area contributed by atoms with E-state index in [0.29, 0.717) is 30.9 Å². The van der Waals surface area contributed by atoms with Crippen LogP contribution in [0.3, 0.4) is 0 Å². The van der Waals surface area contributed by atoms with E-state index in [1.54, 1.807) is 47.5 Å². The summed E-state index contributed by atoms with van der Waals surface area (Å²) in [5, 5.41) is 16.2. The molecule has 27 heavy (non-hydrogen) atoms. The minimum atomic E-state index is -0.291. The van der Waals surface area contributed by atoms with Crippen LogP contribution >= 0.6 is 0 Å². The number of amides is 2. The van der Waals surface area contributed by atoms with E-state index in [-0.39, 0.29) is 11.8 Å². The number of nitrogens with one attached hydrogen (secondary N) is 1. The zero-order valence-electron chi connectivity index (χ0n) is 14.4. The largest absolute Gasteiger partial charge is 0.322 e. The second kappa shape index (κ2) is 6.92. The molecule has 2 amide bonds. The summed E-state index contributed by atoms with van der Waals surface area (Å²) in [4.78, 5) is 14.3. The second-order valence-electron chi connectivity index (χ2n) is 6.28. The van der Waals surface area contributed by atoms with Gasteiger partial charge in [-0.15, -0.1) is 0 Å². The van der Waals surface area contributed by atoms with Crippen LogP contribution < -0.4 is 5.32 Å². The Bertz CT molecular complexity index is 1040. The van der Waals surface area contributed by atoms with Gasteiger partial charge < -0.3 is 10.2 Å². The second-order valence-corrected chi connectivity index (χ2v) is 6.28. The SMILES string of the molecule is N#Cc1cccc(NC(=O)N2CCn3ncc(-c4ccc(F)cc4)c3C2)c1. The maximum atomic E-state index is 13.2. The Kier molecular flexibility index (Phi) is 4.30. The van der Waals surface area contributed by atoms with Crippen molar-refractivity contribution in [2.24, 2.45) is 0 Å². The van der Waals surface area contributed by atoms with Gasteiger partial charge in [0.05, 0.1) is 36.6 Å². The number of halogens is 1. The first-order valence-electron chi connectivity index (χ1n) is 8.51. The van der Waals surface area contributed by atoms with Gasteiger partial charge in [-0.2, -0.15) is 10.4 Å². The van der Waals surface area contributed by atoms with Crippen molar-refractivity contribution in [3.63, 3.8) is 0 Å². The lowest BCUT2D eigenvalue weighted by Crippen LogP contribution is -2.41. The van der Waals surface area contributed by atoms with Crippen LogP contribution in [0.1, 0.15) is 11.3 Å². The average Bonchev–Trinajstić information content (AvgIpc) is 3.12. The van der Waals surface area contributed by atoms with Gasteiger partial charge in [-0.3, -0.25) is 4.68 Å². The van der Waals surface area contributed by atoms with Crippen molar-refractivity contribution in [3.05, 3.63) is 71.8 Å². The van der Waals surface area contributed by atoms with Crippen molar-refractivity contribution in [2.45, 2.75) is 13.1 Å². The van der Waals surface area contributed by atoms with Crippen LogP contribution in [0.25, 0.3) is 11.1 Å². The lowest BCUT2D eigenvalue weighted by molar-refractivity contribution is 0.194. The minimum Gasteiger partial charge on any atom is -0.317 e. The van der Waals surface area contributed by atoms with Crippen molar-refractivity contribution in [2.75, 3.05) is 11.9 Å². The van der Waals surface area contributed by atoms with E-state index in [2.05, 4.69) is 16.5 Å². The summed E-state index contributed by atoms with van der Waals surface area (Å²) < 4.78 is 15.1. The predicted molar refractivity (Wildman–Crippen MR) is 98.2 cm³/mol. The highest BCUT2D eigenvalue weighted by molar-refractivity contribution is 5.89. The smallest absolute Gasteiger partial charge is 0.317 e. The van der Waals surface area contributed by atoms with E-state index in [9.17, 15) is 9.18 Å². The zero-order chi connectivity index (χ0) is 18.8. The molecule has 6 nitrogen and oxygen atoms in total. The van der Waals surface area contributed by atoms with Gasteiger partial charge in [0.15, 0.2) is 0 Å². The molecule has 0 atom stereocenters. The Morgan fingerprint density at radius 2 is 2.00 bits per heavy atom. The third-order valence-corrected chi connectivity index (χ3v) is 4.56. The Morgan fingerprint density at radius 3 is 2.78 bits per heavy atom. The molecule has 1 N–H and O–H groups in total. The molecule has 134 valence electrons. The average molecular weight is 361 g/mol. The van der Waals surface area contributed by atoms with Gasteiger partial charge in [-0.05, 0) is 35.9 Å². The highest BCUT2D eigenvalue weighted by atomic mass is 19.1. The van der Waals surface area contributed by atoms with Crippen LogP contribution in [-0.2, 0) is 13.1 Å². The van der Waals surface area contributed by atoms with Crippen molar-refractivity contribution in [1.29, 1.82) is 5.26 Å². The number of urea groups is 1. The van der Waals surface area contributed by atoms with Gasteiger partial charge in [-0.25, -0.2) is 9.18 Å². The summed E-state index contributed by atoms with van der Waals surface area (Å²) in [6, 6.07) is 14.9. The fraction of sp³-hybridized carbons (Fsp3) is 0.150. The van der Waals surface area contributed by atoms with Gasteiger partial charge in [0.1, 0.15) is 5.82 Å². The third kappa shape index (κ3) is 3.37. The highest BCUT2D eigenvalue weighted by Gasteiger charge is 2.24.